The standard InChI is InChI=1S/C22H23Cl2NO5S/c1-14-8-9-15(2)18(12-14)31(28,29)22(10-3-4-11-22)21(27)30-13-19(26)25-20-16(23)6-5-7-17(20)24/h5-9,12H,3-4,10-11,13H2,1-2H3,(H,25,26). The molecule has 0 aromatic heterocycles. The van der Waals surface area contributed by atoms with Gasteiger partial charge in [-0.2, -0.15) is 0 Å². The number of benzene rings is 2. The maximum Gasteiger partial charge on any atom is 0.328 e. The molecule has 0 spiro atoms. The average molecular weight is 484 g/mol. The summed E-state index contributed by atoms with van der Waals surface area (Å²) in [7, 11) is -4.02. The summed E-state index contributed by atoms with van der Waals surface area (Å²) in [5, 5.41) is 2.96. The number of hydrogen-bond donors (Lipinski definition) is 1. The van der Waals surface area contributed by atoms with Crippen LogP contribution < -0.4 is 5.32 Å². The summed E-state index contributed by atoms with van der Waals surface area (Å²) in [6.07, 6.45) is 1.47. The van der Waals surface area contributed by atoms with Gasteiger partial charge in [0.25, 0.3) is 5.91 Å². The van der Waals surface area contributed by atoms with E-state index in [0.29, 0.717) is 18.4 Å². The highest BCUT2D eigenvalue weighted by Crippen LogP contribution is 2.42. The van der Waals surface area contributed by atoms with Gasteiger partial charge in [0, 0.05) is 0 Å². The second-order valence-corrected chi connectivity index (χ2v) is 10.7. The molecule has 1 aliphatic rings. The molecule has 1 fully saturated rings. The normalized spacial score (nSPS) is 15.5. The highest BCUT2D eigenvalue weighted by atomic mass is 35.5. The van der Waals surface area contributed by atoms with Crippen LogP contribution in [-0.4, -0.2) is 31.6 Å². The number of sulfone groups is 1. The molecule has 0 radical (unpaired) electrons. The summed E-state index contributed by atoms with van der Waals surface area (Å²) < 4.78 is 30.6. The Morgan fingerprint density at radius 2 is 1.68 bits per heavy atom. The van der Waals surface area contributed by atoms with E-state index in [1.807, 2.05) is 6.07 Å². The van der Waals surface area contributed by atoms with Crippen LogP contribution in [0.1, 0.15) is 36.8 Å². The summed E-state index contributed by atoms with van der Waals surface area (Å²) in [4.78, 5) is 25.5. The number of esters is 1. The molecule has 1 amide bonds. The number of aryl methyl sites for hydroxylation is 2. The van der Waals surface area contributed by atoms with Crippen LogP contribution in [0.4, 0.5) is 5.69 Å². The number of halogens is 2. The first-order valence-electron chi connectivity index (χ1n) is 9.81. The molecule has 1 saturated carbocycles. The first-order valence-corrected chi connectivity index (χ1v) is 12.1. The minimum absolute atomic E-state index is 0.124. The number of ether oxygens (including phenoxy) is 1. The average Bonchev–Trinajstić information content (AvgIpc) is 3.22. The van der Waals surface area contributed by atoms with E-state index in [4.69, 9.17) is 27.9 Å². The van der Waals surface area contributed by atoms with E-state index in [0.717, 1.165) is 5.56 Å². The van der Waals surface area contributed by atoms with Crippen LogP contribution >= 0.6 is 23.2 Å². The van der Waals surface area contributed by atoms with E-state index < -0.39 is 33.1 Å². The Kier molecular flexibility index (Phi) is 6.98. The lowest BCUT2D eigenvalue weighted by Gasteiger charge is -2.27. The van der Waals surface area contributed by atoms with Crippen LogP contribution in [0, 0.1) is 13.8 Å². The van der Waals surface area contributed by atoms with Crippen LogP contribution in [0.5, 0.6) is 0 Å². The van der Waals surface area contributed by atoms with Crippen LogP contribution in [-0.2, 0) is 24.2 Å². The minimum atomic E-state index is -4.02. The largest absolute Gasteiger partial charge is 0.454 e. The van der Waals surface area contributed by atoms with Gasteiger partial charge in [0.05, 0.1) is 20.6 Å². The first-order chi connectivity index (χ1) is 14.6. The van der Waals surface area contributed by atoms with E-state index in [2.05, 4.69) is 5.32 Å². The lowest BCUT2D eigenvalue weighted by Crippen LogP contribution is -2.46. The predicted molar refractivity (Wildman–Crippen MR) is 120 cm³/mol. The van der Waals surface area contributed by atoms with Crippen molar-refractivity contribution in [2.24, 2.45) is 0 Å². The van der Waals surface area contributed by atoms with Gasteiger partial charge in [-0.15, -0.1) is 0 Å². The van der Waals surface area contributed by atoms with Crippen molar-refractivity contribution in [1.29, 1.82) is 0 Å². The fraction of sp³-hybridized carbons (Fsp3) is 0.364. The molecule has 0 heterocycles. The molecule has 2 aromatic rings. The zero-order chi connectivity index (χ0) is 22.8. The molecule has 6 nitrogen and oxygen atoms in total. The molecule has 1 aliphatic carbocycles. The third kappa shape index (κ3) is 4.59. The monoisotopic (exact) mass is 483 g/mol. The number of anilines is 1. The van der Waals surface area contributed by atoms with Crippen molar-refractivity contribution in [3.05, 3.63) is 57.6 Å². The molecule has 2 aromatic carbocycles. The molecule has 166 valence electrons. The molecule has 3 rings (SSSR count). The second kappa shape index (κ2) is 9.18. The number of carbonyl (C=O) groups is 2. The third-order valence-electron chi connectivity index (χ3n) is 5.49. The van der Waals surface area contributed by atoms with Crippen LogP contribution in [0.3, 0.4) is 0 Å². The summed E-state index contributed by atoms with van der Waals surface area (Å²) in [6.45, 7) is 2.84. The Morgan fingerprint density at radius 1 is 1.06 bits per heavy atom. The van der Waals surface area contributed by atoms with E-state index in [1.165, 1.54) is 0 Å². The Hall–Kier alpha value is -2.09. The molecular weight excluding hydrogens is 461 g/mol. The van der Waals surface area contributed by atoms with Gasteiger partial charge in [0.2, 0.25) is 0 Å². The zero-order valence-corrected chi connectivity index (χ0v) is 19.5. The van der Waals surface area contributed by atoms with Crippen molar-refractivity contribution in [1.82, 2.24) is 0 Å². The van der Waals surface area contributed by atoms with Crippen molar-refractivity contribution in [2.45, 2.75) is 49.2 Å². The summed E-state index contributed by atoms with van der Waals surface area (Å²) in [5.74, 6) is -1.58. The van der Waals surface area contributed by atoms with Crippen molar-refractivity contribution in [2.75, 3.05) is 11.9 Å². The summed E-state index contributed by atoms with van der Waals surface area (Å²) in [5.41, 5.74) is 1.54. The highest BCUT2D eigenvalue weighted by Gasteiger charge is 2.54. The Balaban J connectivity index is 1.81. The Morgan fingerprint density at radius 3 is 2.29 bits per heavy atom. The topological polar surface area (TPSA) is 89.5 Å². The maximum absolute atomic E-state index is 13.6. The van der Waals surface area contributed by atoms with Gasteiger partial charge in [-0.05, 0) is 56.0 Å². The van der Waals surface area contributed by atoms with Crippen molar-refractivity contribution >= 4 is 50.6 Å². The molecular formula is C22H23Cl2NO5S. The summed E-state index contributed by atoms with van der Waals surface area (Å²) in [6, 6.07) is 9.85. The van der Waals surface area contributed by atoms with Gasteiger partial charge in [0.1, 0.15) is 0 Å². The van der Waals surface area contributed by atoms with Crippen LogP contribution in [0.15, 0.2) is 41.3 Å². The molecule has 0 bridgehead atoms. The maximum atomic E-state index is 13.6. The molecule has 0 unspecified atom stereocenters. The SMILES string of the molecule is Cc1ccc(C)c(S(=O)(=O)C2(C(=O)OCC(=O)Nc3c(Cl)cccc3Cl)CCCC2)c1. The lowest BCUT2D eigenvalue weighted by molar-refractivity contribution is -0.149. The predicted octanol–water partition coefficient (Wildman–Crippen LogP) is 4.88. The fourth-order valence-electron chi connectivity index (χ4n) is 3.79. The number of carbonyl (C=O) groups excluding carboxylic acids is 2. The number of amides is 1. The smallest absolute Gasteiger partial charge is 0.328 e. The van der Waals surface area contributed by atoms with Crippen molar-refractivity contribution in [3.63, 3.8) is 0 Å². The number of hydrogen-bond acceptors (Lipinski definition) is 5. The Bertz CT molecular complexity index is 1100. The third-order valence-corrected chi connectivity index (χ3v) is 8.74. The van der Waals surface area contributed by atoms with E-state index in [-0.39, 0.29) is 33.5 Å². The number of para-hydroxylation sites is 1. The second-order valence-electron chi connectivity index (χ2n) is 7.69. The molecule has 9 heteroatoms. The zero-order valence-electron chi connectivity index (χ0n) is 17.2. The van der Waals surface area contributed by atoms with E-state index in [9.17, 15) is 18.0 Å². The minimum Gasteiger partial charge on any atom is -0.454 e. The van der Waals surface area contributed by atoms with Gasteiger partial charge in [0.15, 0.2) is 21.2 Å². The quantitative estimate of drug-likeness (QED) is 0.591. The van der Waals surface area contributed by atoms with E-state index in [1.54, 1.807) is 44.2 Å². The molecule has 0 atom stereocenters. The van der Waals surface area contributed by atoms with Gasteiger partial charge in [-0.25, -0.2) is 8.42 Å². The molecule has 31 heavy (non-hydrogen) atoms. The fourth-order valence-corrected chi connectivity index (χ4v) is 6.64. The van der Waals surface area contributed by atoms with Gasteiger partial charge in [-0.1, -0.05) is 54.2 Å². The number of rotatable bonds is 6. The van der Waals surface area contributed by atoms with Crippen LogP contribution in [0.25, 0.3) is 0 Å². The van der Waals surface area contributed by atoms with E-state index >= 15 is 0 Å². The summed E-state index contributed by atoms with van der Waals surface area (Å²) >= 11 is 12.1. The first kappa shape index (κ1) is 23.6. The number of nitrogens with one attached hydrogen (secondary N) is 1. The highest BCUT2D eigenvalue weighted by molar-refractivity contribution is 7.93. The molecule has 1 N–H and O–H groups in total. The lowest BCUT2D eigenvalue weighted by atomic mass is 10.1. The molecule has 0 aliphatic heterocycles. The Labute approximate surface area is 191 Å². The van der Waals surface area contributed by atoms with Crippen molar-refractivity contribution < 1.29 is 22.7 Å². The van der Waals surface area contributed by atoms with Gasteiger partial charge >= 0.3 is 5.97 Å². The molecule has 0 saturated heterocycles. The van der Waals surface area contributed by atoms with Gasteiger partial charge < -0.3 is 10.1 Å². The van der Waals surface area contributed by atoms with Gasteiger partial charge in [-0.3, -0.25) is 9.59 Å². The van der Waals surface area contributed by atoms with Crippen LogP contribution in [0.2, 0.25) is 10.0 Å². The van der Waals surface area contributed by atoms with Crippen molar-refractivity contribution in [3.8, 4) is 0 Å².